The zero-order valence-corrected chi connectivity index (χ0v) is 33.5. The summed E-state index contributed by atoms with van der Waals surface area (Å²) in [6.07, 6.45) is 4.73. The molecule has 0 spiro atoms. The van der Waals surface area contributed by atoms with Gasteiger partial charge in [0.2, 0.25) is 5.91 Å². The highest BCUT2D eigenvalue weighted by molar-refractivity contribution is 5.87. The van der Waals surface area contributed by atoms with Crippen LogP contribution in [0.1, 0.15) is 93.2 Å². The molecule has 0 heterocycles. The summed E-state index contributed by atoms with van der Waals surface area (Å²) >= 11 is 0. The summed E-state index contributed by atoms with van der Waals surface area (Å²) in [4.78, 5) is 65.3. The standard InChI is InChI=1S/C43H60N2O9/c1-29(2)26-36(40(49)51-35(22-17-23-37(46)53-42(5,6)7)30(3)24-25-32-18-13-11-14-19-32)52-39(48)31(4)28-44-38(47)34(27-33-20-15-12-16-21-33)45-41(50)54-43(8,9)10/h11-21,23-25,29-31,34-36H,22,26-28H2,1-10H3,(H,44,47)(H,45,50)/b23-17+,25-24+/t30-,31-,34-,35+,36+/m1/s1. The van der Waals surface area contributed by atoms with E-state index in [-0.39, 0.29) is 37.6 Å². The van der Waals surface area contributed by atoms with Crippen molar-refractivity contribution in [3.63, 3.8) is 0 Å². The molecular formula is C43H60N2O9. The first kappa shape index (κ1) is 45.2. The van der Waals surface area contributed by atoms with Gasteiger partial charge in [-0.25, -0.2) is 14.4 Å². The molecule has 2 N–H and O–H groups in total. The molecule has 2 rings (SSSR count). The van der Waals surface area contributed by atoms with Crippen LogP contribution in [0.15, 0.2) is 78.9 Å². The van der Waals surface area contributed by atoms with Gasteiger partial charge in [0.25, 0.3) is 0 Å². The van der Waals surface area contributed by atoms with E-state index in [0.29, 0.717) is 0 Å². The van der Waals surface area contributed by atoms with Crippen LogP contribution in [0.25, 0.3) is 6.08 Å². The van der Waals surface area contributed by atoms with Gasteiger partial charge in [-0.05, 0) is 65.0 Å². The van der Waals surface area contributed by atoms with E-state index in [1.807, 2.05) is 93.6 Å². The minimum absolute atomic E-state index is 0.0241. The van der Waals surface area contributed by atoms with Gasteiger partial charge >= 0.3 is 24.0 Å². The molecule has 11 heteroatoms. The Morgan fingerprint density at radius 2 is 1.35 bits per heavy atom. The summed E-state index contributed by atoms with van der Waals surface area (Å²) in [6.45, 7) is 17.7. The summed E-state index contributed by atoms with van der Waals surface area (Å²) < 4.78 is 22.5. The van der Waals surface area contributed by atoms with Crippen LogP contribution in [0.2, 0.25) is 0 Å². The second-order valence-electron chi connectivity index (χ2n) is 15.9. The fourth-order valence-electron chi connectivity index (χ4n) is 5.03. The first-order valence-corrected chi connectivity index (χ1v) is 18.6. The Labute approximate surface area is 321 Å². The number of nitrogens with one attached hydrogen (secondary N) is 2. The molecule has 296 valence electrons. The van der Waals surface area contributed by atoms with Crippen LogP contribution < -0.4 is 10.6 Å². The zero-order chi connectivity index (χ0) is 40.5. The maximum absolute atomic E-state index is 13.7. The normalized spacial score (nSPS) is 14.8. The first-order valence-electron chi connectivity index (χ1n) is 18.6. The molecule has 0 unspecified atom stereocenters. The quantitative estimate of drug-likeness (QED) is 0.0906. The molecule has 0 aliphatic heterocycles. The Morgan fingerprint density at radius 3 is 1.93 bits per heavy atom. The molecule has 2 amide bonds. The van der Waals surface area contributed by atoms with Gasteiger partial charge in [0.1, 0.15) is 23.3 Å². The van der Waals surface area contributed by atoms with E-state index in [2.05, 4.69) is 10.6 Å². The summed E-state index contributed by atoms with van der Waals surface area (Å²) in [5.74, 6) is -3.58. The maximum atomic E-state index is 13.7. The molecule has 2 aromatic rings. The van der Waals surface area contributed by atoms with Crippen LogP contribution >= 0.6 is 0 Å². The smallest absolute Gasteiger partial charge is 0.408 e. The van der Waals surface area contributed by atoms with Crippen molar-refractivity contribution in [3.05, 3.63) is 90.0 Å². The number of amides is 2. The van der Waals surface area contributed by atoms with E-state index in [1.54, 1.807) is 54.5 Å². The molecule has 0 saturated heterocycles. The molecule has 0 fully saturated rings. The van der Waals surface area contributed by atoms with Crippen molar-refractivity contribution in [1.29, 1.82) is 0 Å². The number of benzene rings is 2. The molecule has 0 bridgehead atoms. The molecule has 11 nitrogen and oxygen atoms in total. The van der Waals surface area contributed by atoms with Gasteiger partial charge in [-0.2, -0.15) is 0 Å². The highest BCUT2D eigenvalue weighted by atomic mass is 16.6. The van der Waals surface area contributed by atoms with E-state index in [0.717, 1.165) is 11.1 Å². The van der Waals surface area contributed by atoms with Gasteiger partial charge in [-0.3, -0.25) is 9.59 Å². The topological polar surface area (TPSA) is 146 Å². The molecule has 0 saturated carbocycles. The van der Waals surface area contributed by atoms with E-state index in [4.69, 9.17) is 18.9 Å². The minimum Gasteiger partial charge on any atom is -0.459 e. The summed E-state index contributed by atoms with van der Waals surface area (Å²) in [5, 5.41) is 5.37. The van der Waals surface area contributed by atoms with Crippen LogP contribution in [0.3, 0.4) is 0 Å². The van der Waals surface area contributed by atoms with Crippen LogP contribution in [-0.4, -0.2) is 65.9 Å². The highest BCUT2D eigenvalue weighted by Crippen LogP contribution is 2.21. The second kappa shape index (κ2) is 21.7. The molecule has 54 heavy (non-hydrogen) atoms. The van der Waals surface area contributed by atoms with Crippen molar-refractivity contribution in [2.75, 3.05) is 6.54 Å². The number of hydrogen-bond acceptors (Lipinski definition) is 9. The fourth-order valence-corrected chi connectivity index (χ4v) is 5.03. The van der Waals surface area contributed by atoms with Crippen molar-refractivity contribution in [2.24, 2.45) is 17.8 Å². The number of alkyl carbamates (subject to hydrolysis) is 1. The van der Waals surface area contributed by atoms with Gasteiger partial charge in [-0.15, -0.1) is 0 Å². The summed E-state index contributed by atoms with van der Waals surface area (Å²) in [7, 11) is 0. The SMILES string of the molecule is CC(C)C[C@H](OC(=O)[C@H](C)CNC(=O)[C@@H](Cc1ccccc1)NC(=O)OC(C)(C)C)C(=O)O[C@@H](C/C=C/C(=O)OC(C)(C)C)[C@H](C)/C=C/c1ccccc1. The Bertz CT molecular complexity index is 1560. The molecular weight excluding hydrogens is 688 g/mol. The predicted octanol–water partition coefficient (Wildman–Crippen LogP) is 7.38. The van der Waals surface area contributed by atoms with Crippen molar-refractivity contribution in [1.82, 2.24) is 10.6 Å². The second-order valence-corrected chi connectivity index (χ2v) is 15.9. The maximum Gasteiger partial charge on any atom is 0.408 e. The Balaban J connectivity index is 2.16. The van der Waals surface area contributed by atoms with Crippen molar-refractivity contribution in [2.45, 2.75) is 118 Å². The third kappa shape index (κ3) is 18.7. The Morgan fingerprint density at radius 1 is 0.759 bits per heavy atom. The van der Waals surface area contributed by atoms with E-state index < -0.39 is 65.3 Å². The molecule has 0 aliphatic carbocycles. The van der Waals surface area contributed by atoms with E-state index >= 15 is 0 Å². The number of carbonyl (C=O) groups excluding carboxylic acids is 5. The lowest BCUT2D eigenvalue weighted by atomic mass is 9.99. The number of rotatable bonds is 18. The fraction of sp³-hybridized carbons (Fsp3) is 0.512. The molecule has 0 aromatic heterocycles. The van der Waals surface area contributed by atoms with E-state index in [9.17, 15) is 24.0 Å². The van der Waals surface area contributed by atoms with E-state index in [1.165, 1.54) is 6.08 Å². The lowest BCUT2D eigenvalue weighted by Gasteiger charge is -2.26. The van der Waals surface area contributed by atoms with Gasteiger partial charge < -0.3 is 29.6 Å². The average Bonchev–Trinajstić information content (AvgIpc) is 3.07. The number of carbonyl (C=O) groups is 5. The molecule has 5 atom stereocenters. The molecule has 2 aromatic carbocycles. The van der Waals surface area contributed by atoms with Gasteiger partial charge in [-0.1, -0.05) is 107 Å². The highest BCUT2D eigenvalue weighted by Gasteiger charge is 2.32. The van der Waals surface area contributed by atoms with Gasteiger partial charge in [0.05, 0.1) is 5.92 Å². The minimum atomic E-state index is -1.21. The largest absolute Gasteiger partial charge is 0.459 e. The lowest BCUT2D eigenvalue weighted by molar-refractivity contribution is -0.175. The number of ether oxygens (including phenoxy) is 4. The Kier molecular flexibility index (Phi) is 18.2. The lowest BCUT2D eigenvalue weighted by Crippen LogP contribution is -2.50. The summed E-state index contributed by atoms with van der Waals surface area (Å²) in [6, 6.07) is 17.9. The van der Waals surface area contributed by atoms with Crippen molar-refractivity contribution >= 4 is 36.0 Å². The third-order valence-corrected chi connectivity index (χ3v) is 7.76. The van der Waals surface area contributed by atoms with Crippen LogP contribution in [0, 0.1) is 17.8 Å². The van der Waals surface area contributed by atoms with Crippen molar-refractivity contribution < 1.29 is 42.9 Å². The average molecular weight is 749 g/mol. The number of hydrogen-bond donors (Lipinski definition) is 2. The first-order chi connectivity index (χ1) is 25.2. The Hall–Kier alpha value is -4.93. The van der Waals surface area contributed by atoms with Crippen LogP contribution in [0.4, 0.5) is 4.79 Å². The summed E-state index contributed by atoms with van der Waals surface area (Å²) in [5.41, 5.74) is 0.365. The van der Waals surface area contributed by atoms with Gasteiger partial charge in [0, 0.05) is 31.4 Å². The zero-order valence-electron chi connectivity index (χ0n) is 33.5. The van der Waals surface area contributed by atoms with Gasteiger partial charge in [0.15, 0.2) is 6.10 Å². The predicted molar refractivity (Wildman–Crippen MR) is 209 cm³/mol. The number of esters is 3. The molecule has 0 radical (unpaired) electrons. The van der Waals surface area contributed by atoms with Crippen LogP contribution in [-0.2, 0) is 44.5 Å². The molecule has 0 aliphatic rings. The monoisotopic (exact) mass is 748 g/mol. The van der Waals surface area contributed by atoms with Crippen molar-refractivity contribution in [3.8, 4) is 0 Å². The third-order valence-electron chi connectivity index (χ3n) is 7.76. The van der Waals surface area contributed by atoms with Crippen LogP contribution in [0.5, 0.6) is 0 Å².